The first-order valence-corrected chi connectivity index (χ1v) is 9.05. The summed E-state index contributed by atoms with van der Waals surface area (Å²) < 4.78 is 22.4. The Balaban J connectivity index is 1.42. The molecule has 140 valence electrons. The fourth-order valence-corrected chi connectivity index (χ4v) is 2.94. The second kappa shape index (κ2) is 8.73. The Morgan fingerprint density at radius 1 is 1.32 bits per heavy atom. The number of morpholine rings is 1. The Morgan fingerprint density at radius 2 is 2.20 bits per heavy atom. The summed E-state index contributed by atoms with van der Waals surface area (Å²) in [6.45, 7) is 7.26. The molecule has 2 fully saturated rings. The van der Waals surface area contributed by atoms with Crippen LogP contribution in [0.15, 0.2) is 4.42 Å². The van der Waals surface area contributed by atoms with Crippen molar-refractivity contribution in [1.82, 2.24) is 15.1 Å². The minimum Gasteiger partial charge on any atom is -0.422 e. The van der Waals surface area contributed by atoms with Crippen molar-refractivity contribution in [3.63, 3.8) is 0 Å². The van der Waals surface area contributed by atoms with E-state index in [2.05, 4.69) is 10.2 Å². The van der Waals surface area contributed by atoms with Gasteiger partial charge in [-0.25, -0.2) is 0 Å². The highest BCUT2D eigenvalue weighted by molar-refractivity contribution is 5.76. The number of aromatic nitrogens is 2. The summed E-state index contributed by atoms with van der Waals surface area (Å²) >= 11 is 0. The number of rotatable bonds is 7. The summed E-state index contributed by atoms with van der Waals surface area (Å²) in [5, 5.41) is 8.08. The molecule has 3 rings (SSSR count). The average Bonchev–Trinajstić information content (AvgIpc) is 3.30. The summed E-state index contributed by atoms with van der Waals surface area (Å²) in [6, 6.07) is 0. The van der Waals surface area contributed by atoms with Crippen molar-refractivity contribution < 1.29 is 23.4 Å². The highest BCUT2D eigenvalue weighted by Crippen LogP contribution is 2.23. The maximum absolute atomic E-state index is 12.4. The molecule has 2 aliphatic heterocycles. The molecule has 1 aromatic rings. The molecule has 2 atom stereocenters. The van der Waals surface area contributed by atoms with Gasteiger partial charge in [0, 0.05) is 19.1 Å². The molecule has 25 heavy (non-hydrogen) atoms. The number of nitrogens with zero attached hydrogens (tertiary/aromatic N) is 3. The van der Waals surface area contributed by atoms with Crippen molar-refractivity contribution in [1.29, 1.82) is 0 Å². The molecule has 0 aromatic carbocycles. The van der Waals surface area contributed by atoms with Crippen molar-refractivity contribution in [3.05, 3.63) is 11.8 Å². The van der Waals surface area contributed by atoms with Crippen molar-refractivity contribution >= 4 is 5.91 Å². The fourth-order valence-electron chi connectivity index (χ4n) is 2.94. The van der Waals surface area contributed by atoms with E-state index in [1.165, 1.54) is 0 Å². The van der Waals surface area contributed by atoms with E-state index in [0.29, 0.717) is 51.1 Å². The monoisotopic (exact) mass is 353 g/mol. The highest BCUT2D eigenvalue weighted by atomic mass is 16.5. The molecule has 1 amide bonds. The number of carbonyl (C=O) groups is 1. The van der Waals surface area contributed by atoms with Gasteiger partial charge in [0.15, 0.2) is 6.10 Å². The van der Waals surface area contributed by atoms with Crippen molar-refractivity contribution in [2.45, 2.75) is 51.2 Å². The quantitative estimate of drug-likeness (QED) is 0.689. The Bertz CT molecular complexity index is 556. The molecule has 0 unspecified atom stereocenters. The van der Waals surface area contributed by atoms with Crippen molar-refractivity contribution in [3.8, 4) is 0 Å². The third kappa shape index (κ3) is 4.99. The lowest BCUT2D eigenvalue weighted by Crippen LogP contribution is -2.42. The Labute approximate surface area is 147 Å². The predicted molar refractivity (Wildman–Crippen MR) is 88.1 cm³/mol. The van der Waals surface area contributed by atoms with Gasteiger partial charge in [-0.1, -0.05) is 13.8 Å². The number of carbonyl (C=O) groups excluding carboxylic acids is 1. The summed E-state index contributed by atoms with van der Waals surface area (Å²) in [7, 11) is 0. The maximum atomic E-state index is 12.4. The molecule has 1 aromatic heterocycles. The van der Waals surface area contributed by atoms with Crippen LogP contribution in [0, 0.1) is 0 Å². The molecule has 2 aliphatic rings. The number of ether oxygens (including phenoxy) is 3. The Kier molecular flexibility index (Phi) is 6.39. The topological polar surface area (TPSA) is 86.9 Å². The number of amides is 1. The van der Waals surface area contributed by atoms with Gasteiger partial charge in [-0.15, -0.1) is 10.2 Å². The van der Waals surface area contributed by atoms with Gasteiger partial charge in [0.05, 0.1) is 38.9 Å². The molecule has 0 aliphatic carbocycles. The van der Waals surface area contributed by atoms with E-state index < -0.39 is 0 Å². The molecular weight excluding hydrogens is 326 g/mol. The minimum absolute atomic E-state index is 0.0595. The minimum atomic E-state index is -0.356. The largest absolute Gasteiger partial charge is 0.422 e. The van der Waals surface area contributed by atoms with Crippen molar-refractivity contribution in [2.24, 2.45) is 0 Å². The zero-order chi connectivity index (χ0) is 17.6. The van der Waals surface area contributed by atoms with Crippen LogP contribution in [-0.4, -0.2) is 66.6 Å². The molecule has 0 spiro atoms. The molecule has 8 heteroatoms. The highest BCUT2D eigenvalue weighted by Gasteiger charge is 2.29. The van der Waals surface area contributed by atoms with Gasteiger partial charge in [-0.3, -0.25) is 4.79 Å². The first-order valence-electron chi connectivity index (χ1n) is 9.05. The van der Waals surface area contributed by atoms with Crippen LogP contribution in [0.5, 0.6) is 0 Å². The normalized spacial score (nSPS) is 24.2. The van der Waals surface area contributed by atoms with Crippen LogP contribution in [0.1, 0.15) is 56.9 Å². The maximum Gasteiger partial charge on any atom is 0.247 e. The molecule has 8 nitrogen and oxygen atoms in total. The van der Waals surface area contributed by atoms with E-state index >= 15 is 0 Å². The van der Waals surface area contributed by atoms with E-state index in [0.717, 1.165) is 19.4 Å². The summed E-state index contributed by atoms with van der Waals surface area (Å²) in [5.41, 5.74) is 0. The van der Waals surface area contributed by atoms with Gasteiger partial charge in [0.25, 0.3) is 0 Å². The Hall–Kier alpha value is -1.51. The van der Waals surface area contributed by atoms with Gasteiger partial charge in [0.1, 0.15) is 0 Å². The van der Waals surface area contributed by atoms with Crippen molar-refractivity contribution in [2.75, 3.05) is 39.5 Å². The molecule has 0 saturated carbocycles. The fraction of sp³-hybridized carbons (Fsp3) is 0.824. The lowest BCUT2D eigenvalue weighted by Gasteiger charge is -2.31. The van der Waals surface area contributed by atoms with Gasteiger partial charge < -0.3 is 23.5 Å². The predicted octanol–water partition coefficient (Wildman–Crippen LogP) is 1.68. The van der Waals surface area contributed by atoms with Gasteiger partial charge in [0.2, 0.25) is 17.7 Å². The zero-order valence-electron chi connectivity index (χ0n) is 15.0. The van der Waals surface area contributed by atoms with Gasteiger partial charge in [-0.05, 0) is 12.8 Å². The standard InChI is InChI=1S/C17H27N3O5/c1-12(2)16-18-19-17(25-16)14-10-20(6-9-24-14)15(21)5-8-22-11-13-4-3-7-23-13/h12-14H,3-11H2,1-2H3/t13-,14-/m1/s1. The smallest absolute Gasteiger partial charge is 0.247 e. The van der Waals surface area contributed by atoms with E-state index in [1.807, 2.05) is 13.8 Å². The number of hydrogen-bond donors (Lipinski definition) is 0. The third-order valence-electron chi connectivity index (χ3n) is 4.43. The lowest BCUT2D eigenvalue weighted by atomic mass is 10.2. The summed E-state index contributed by atoms with van der Waals surface area (Å²) in [4.78, 5) is 14.2. The van der Waals surface area contributed by atoms with E-state index in [4.69, 9.17) is 18.6 Å². The Morgan fingerprint density at radius 3 is 2.92 bits per heavy atom. The summed E-state index contributed by atoms with van der Waals surface area (Å²) in [6.07, 6.45) is 2.33. The molecular formula is C17H27N3O5. The van der Waals surface area contributed by atoms with E-state index in [-0.39, 0.29) is 24.0 Å². The molecule has 2 saturated heterocycles. The van der Waals surface area contributed by atoms with Crippen LogP contribution in [0.2, 0.25) is 0 Å². The summed E-state index contributed by atoms with van der Waals surface area (Å²) in [5.74, 6) is 1.26. The van der Waals surface area contributed by atoms with Crippen LogP contribution in [0.3, 0.4) is 0 Å². The van der Waals surface area contributed by atoms with Gasteiger partial charge >= 0.3 is 0 Å². The molecule has 0 N–H and O–H groups in total. The molecule has 0 radical (unpaired) electrons. The van der Waals surface area contributed by atoms with Crippen LogP contribution in [0.25, 0.3) is 0 Å². The third-order valence-corrected chi connectivity index (χ3v) is 4.43. The first-order chi connectivity index (χ1) is 12.1. The zero-order valence-corrected chi connectivity index (χ0v) is 15.0. The van der Waals surface area contributed by atoms with Crippen LogP contribution in [0.4, 0.5) is 0 Å². The molecule has 0 bridgehead atoms. The van der Waals surface area contributed by atoms with Crippen LogP contribution >= 0.6 is 0 Å². The van der Waals surface area contributed by atoms with E-state index in [1.54, 1.807) is 4.90 Å². The number of hydrogen-bond acceptors (Lipinski definition) is 7. The second-order valence-corrected chi connectivity index (χ2v) is 6.79. The average molecular weight is 353 g/mol. The second-order valence-electron chi connectivity index (χ2n) is 6.79. The SMILES string of the molecule is CC(C)c1nnc([C@H]2CN(C(=O)CCOC[C@H]3CCCO3)CCO2)o1. The lowest BCUT2D eigenvalue weighted by molar-refractivity contribution is -0.141. The van der Waals surface area contributed by atoms with Gasteiger partial charge in [-0.2, -0.15) is 0 Å². The first kappa shape index (κ1) is 18.3. The van der Waals surface area contributed by atoms with Crippen LogP contribution < -0.4 is 0 Å². The van der Waals surface area contributed by atoms with Crippen LogP contribution in [-0.2, 0) is 19.0 Å². The van der Waals surface area contributed by atoms with E-state index in [9.17, 15) is 4.79 Å². The molecule has 3 heterocycles.